The number of aliphatic hydroxyl groups excluding tert-OH is 1. The van der Waals surface area contributed by atoms with Gasteiger partial charge in [-0.3, -0.25) is 4.90 Å². The van der Waals surface area contributed by atoms with E-state index < -0.39 is 6.10 Å². The third-order valence-corrected chi connectivity index (χ3v) is 6.86. The molecule has 7 heteroatoms. The van der Waals surface area contributed by atoms with Gasteiger partial charge in [0.25, 0.3) is 0 Å². The van der Waals surface area contributed by atoms with Crippen LogP contribution in [0, 0.1) is 6.92 Å². The molecule has 0 unspecified atom stereocenters. The first-order valence-electron chi connectivity index (χ1n) is 13.5. The summed E-state index contributed by atoms with van der Waals surface area (Å²) in [5, 5.41) is 15.8. The van der Waals surface area contributed by atoms with E-state index in [-0.39, 0.29) is 12.6 Å². The third-order valence-electron chi connectivity index (χ3n) is 6.86. The quantitative estimate of drug-likeness (QED) is 0.211. The lowest BCUT2D eigenvalue weighted by Crippen LogP contribution is -2.40. The number of ether oxygens (including phenoxy) is 3. The molecule has 0 fully saturated rings. The number of para-hydroxylation sites is 3. The molecule has 0 amide bonds. The number of aliphatic hydroxyl groups is 1. The lowest BCUT2D eigenvalue weighted by molar-refractivity contribution is 0.00130. The number of hydrogen-bond donors (Lipinski definition) is 1. The van der Waals surface area contributed by atoms with Gasteiger partial charge < -0.3 is 19.3 Å². The van der Waals surface area contributed by atoms with E-state index in [1.165, 1.54) is 0 Å². The summed E-state index contributed by atoms with van der Waals surface area (Å²) >= 11 is 0. The van der Waals surface area contributed by atoms with Crippen LogP contribution in [-0.4, -0.2) is 52.2 Å². The SMILES string of the molecule is CC[C@H](C)N(Cc1c(C)nn(-c2ccccc2)c1Oc1ccccc1OC)C[C@@H](O)COCc1ccccc1. The van der Waals surface area contributed by atoms with Crippen LogP contribution in [0.25, 0.3) is 5.69 Å². The Labute approximate surface area is 231 Å². The summed E-state index contributed by atoms with van der Waals surface area (Å²) in [6.07, 6.45) is 0.303. The van der Waals surface area contributed by atoms with E-state index in [0.717, 1.165) is 28.9 Å². The third kappa shape index (κ3) is 7.47. The highest BCUT2D eigenvalue weighted by Crippen LogP contribution is 2.36. The van der Waals surface area contributed by atoms with E-state index in [0.29, 0.717) is 37.1 Å². The number of hydrogen-bond acceptors (Lipinski definition) is 6. The van der Waals surface area contributed by atoms with Crippen LogP contribution >= 0.6 is 0 Å². The van der Waals surface area contributed by atoms with Crippen LogP contribution in [0.5, 0.6) is 17.4 Å². The smallest absolute Gasteiger partial charge is 0.227 e. The molecule has 4 aromatic rings. The Morgan fingerprint density at radius 1 is 0.923 bits per heavy atom. The summed E-state index contributed by atoms with van der Waals surface area (Å²) in [6.45, 7) is 8.09. The first-order valence-corrected chi connectivity index (χ1v) is 13.5. The zero-order chi connectivity index (χ0) is 27.6. The van der Waals surface area contributed by atoms with E-state index in [1.54, 1.807) is 7.11 Å². The monoisotopic (exact) mass is 529 g/mol. The predicted molar refractivity (Wildman–Crippen MR) is 154 cm³/mol. The standard InChI is InChI=1S/C32H39N3O4/c1-5-24(2)34(20-28(36)23-38-22-26-14-8-6-9-15-26)21-29-25(3)33-35(27-16-10-7-11-17-27)32(29)39-31-19-13-12-18-30(31)37-4/h6-19,24,28,36H,5,20-23H2,1-4H3/t24-,28+/m0/s1. The van der Waals surface area contributed by atoms with Crippen molar-refractivity contribution in [3.8, 4) is 23.1 Å². The first kappa shape index (κ1) is 28.4. The van der Waals surface area contributed by atoms with Crippen LogP contribution in [-0.2, 0) is 17.9 Å². The van der Waals surface area contributed by atoms with Gasteiger partial charge in [-0.1, -0.05) is 67.6 Å². The largest absolute Gasteiger partial charge is 0.493 e. The van der Waals surface area contributed by atoms with Crippen molar-refractivity contribution in [3.63, 3.8) is 0 Å². The fourth-order valence-corrected chi connectivity index (χ4v) is 4.45. The average molecular weight is 530 g/mol. The minimum absolute atomic E-state index is 0.229. The second-order valence-corrected chi connectivity index (χ2v) is 9.71. The van der Waals surface area contributed by atoms with Gasteiger partial charge >= 0.3 is 0 Å². The van der Waals surface area contributed by atoms with Crippen LogP contribution in [0.3, 0.4) is 0 Å². The van der Waals surface area contributed by atoms with Gasteiger partial charge in [-0.05, 0) is 50.1 Å². The maximum atomic E-state index is 10.9. The Balaban J connectivity index is 1.58. The molecule has 206 valence electrons. The second-order valence-electron chi connectivity index (χ2n) is 9.71. The highest BCUT2D eigenvalue weighted by atomic mass is 16.5. The van der Waals surface area contributed by atoms with E-state index in [9.17, 15) is 5.11 Å². The van der Waals surface area contributed by atoms with Crippen LogP contribution in [0.1, 0.15) is 37.1 Å². The Morgan fingerprint density at radius 2 is 1.56 bits per heavy atom. The molecule has 0 aliphatic rings. The predicted octanol–water partition coefficient (Wildman–Crippen LogP) is 6.16. The van der Waals surface area contributed by atoms with Gasteiger partial charge in [-0.25, -0.2) is 4.68 Å². The van der Waals surface area contributed by atoms with Gasteiger partial charge in [0, 0.05) is 19.1 Å². The van der Waals surface area contributed by atoms with Gasteiger partial charge in [0.1, 0.15) is 0 Å². The van der Waals surface area contributed by atoms with Gasteiger partial charge in [0.05, 0.1) is 43.4 Å². The van der Waals surface area contributed by atoms with Crippen molar-refractivity contribution in [1.82, 2.24) is 14.7 Å². The number of aryl methyl sites for hydroxylation is 1. The van der Waals surface area contributed by atoms with E-state index in [2.05, 4.69) is 18.7 Å². The highest BCUT2D eigenvalue weighted by molar-refractivity contribution is 5.47. The molecule has 1 heterocycles. The zero-order valence-corrected chi connectivity index (χ0v) is 23.3. The summed E-state index contributed by atoms with van der Waals surface area (Å²) in [6, 6.07) is 27.8. The van der Waals surface area contributed by atoms with Gasteiger partial charge in [-0.15, -0.1) is 0 Å². The first-order chi connectivity index (χ1) is 19.0. The molecule has 0 aliphatic carbocycles. The topological polar surface area (TPSA) is 69.0 Å². The molecule has 0 saturated heterocycles. The molecule has 39 heavy (non-hydrogen) atoms. The van der Waals surface area contributed by atoms with Crippen LogP contribution in [0.2, 0.25) is 0 Å². The van der Waals surface area contributed by atoms with E-state index >= 15 is 0 Å². The molecule has 1 aromatic heterocycles. The Kier molecular flexibility index (Phi) is 10.1. The maximum absolute atomic E-state index is 10.9. The molecule has 1 N–H and O–H groups in total. The van der Waals surface area contributed by atoms with Crippen molar-refractivity contribution >= 4 is 0 Å². The molecule has 0 spiro atoms. The van der Waals surface area contributed by atoms with Crippen LogP contribution < -0.4 is 9.47 Å². The highest BCUT2D eigenvalue weighted by Gasteiger charge is 2.25. The van der Waals surface area contributed by atoms with Crippen LogP contribution in [0.4, 0.5) is 0 Å². The van der Waals surface area contributed by atoms with E-state index in [4.69, 9.17) is 19.3 Å². The van der Waals surface area contributed by atoms with Gasteiger partial charge in [0.15, 0.2) is 11.5 Å². The number of rotatable bonds is 14. The molecular weight excluding hydrogens is 490 g/mol. The van der Waals surface area contributed by atoms with Crippen molar-refractivity contribution in [2.75, 3.05) is 20.3 Å². The Hall–Kier alpha value is -3.65. The minimum atomic E-state index is -0.634. The summed E-state index contributed by atoms with van der Waals surface area (Å²) in [5.74, 6) is 1.89. The van der Waals surface area contributed by atoms with Crippen molar-refractivity contribution in [1.29, 1.82) is 0 Å². The lowest BCUT2D eigenvalue weighted by atomic mass is 10.1. The van der Waals surface area contributed by atoms with Crippen molar-refractivity contribution in [2.45, 2.75) is 52.5 Å². The summed E-state index contributed by atoms with van der Waals surface area (Å²) in [7, 11) is 1.63. The number of methoxy groups -OCH3 is 1. The van der Waals surface area contributed by atoms with Crippen LogP contribution in [0.15, 0.2) is 84.9 Å². The molecule has 0 saturated carbocycles. The number of benzene rings is 3. The molecule has 2 atom stereocenters. The number of nitrogens with zero attached hydrogens (tertiary/aromatic N) is 3. The molecule has 0 radical (unpaired) electrons. The molecule has 0 bridgehead atoms. The fraction of sp³-hybridized carbons (Fsp3) is 0.344. The summed E-state index contributed by atoms with van der Waals surface area (Å²) in [4.78, 5) is 2.27. The summed E-state index contributed by atoms with van der Waals surface area (Å²) in [5.41, 5.74) is 3.82. The van der Waals surface area contributed by atoms with Crippen molar-refractivity contribution < 1.29 is 19.3 Å². The summed E-state index contributed by atoms with van der Waals surface area (Å²) < 4.78 is 19.8. The molecule has 3 aromatic carbocycles. The normalized spacial score (nSPS) is 12.9. The lowest BCUT2D eigenvalue weighted by Gasteiger charge is -2.30. The fourth-order valence-electron chi connectivity index (χ4n) is 4.45. The van der Waals surface area contributed by atoms with Gasteiger partial charge in [-0.2, -0.15) is 5.10 Å². The molecule has 7 nitrogen and oxygen atoms in total. The molecular formula is C32H39N3O4. The average Bonchev–Trinajstić information content (AvgIpc) is 3.27. The molecule has 4 rings (SSSR count). The second kappa shape index (κ2) is 13.9. The van der Waals surface area contributed by atoms with Gasteiger partial charge in [0.2, 0.25) is 5.88 Å². The number of aromatic nitrogens is 2. The Morgan fingerprint density at radius 3 is 2.23 bits per heavy atom. The van der Waals surface area contributed by atoms with Crippen molar-refractivity contribution in [2.24, 2.45) is 0 Å². The maximum Gasteiger partial charge on any atom is 0.227 e. The zero-order valence-electron chi connectivity index (χ0n) is 23.3. The minimum Gasteiger partial charge on any atom is -0.493 e. The Bertz CT molecular complexity index is 1290. The molecule has 0 aliphatic heterocycles. The van der Waals surface area contributed by atoms with E-state index in [1.807, 2.05) is 96.5 Å². The van der Waals surface area contributed by atoms with Crippen molar-refractivity contribution in [3.05, 3.63) is 102 Å².